The summed E-state index contributed by atoms with van der Waals surface area (Å²) in [7, 11) is 0. The fourth-order valence-corrected chi connectivity index (χ4v) is 2.10. The molecule has 0 spiro atoms. The normalized spacial score (nSPS) is 10.2. The monoisotopic (exact) mass is 313 g/mol. The quantitative estimate of drug-likeness (QED) is 0.850. The van der Waals surface area contributed by atoms with Crippen LogP contribution in [-0.4, -0.2) is 23.6 Å². The smallest absolute Gasteiger partial charge is 0.342 e. The van der Waals surface area contributed by atoms with Gasteiger partial charge in [0.15, 0.2) is 6.61 Å². The molecule has 0 bridgehead atoms. The van der Waals surface area contributed by atoms with E-state index in [-0.39, 0.29) is 11.3 Å². The first-order valence-electron chi connectivity index (χ1n) is 7.21. The predicted molar refractivity (Wildman–Crippen MR) is 87.7 cm³/mol. The maximum absolute atomic E-state index is 11.9. The molecule has 0 saturated carbocycles. The molecule has 2 aromatic rings. The molecule has 5 heteroatoms. The van der Waals surface area contributed by atoms with Crippen LogP contribution < -0.4 is 5.32 Å². The average Bonchev–Trinajstić information content (AvgIpc) is 2.52. The molecular weight excluding hydrogens is 294 g/mol. The highest BCUT2D eigenvalue weighted by Gasteiger charge is 2.15. The minimum atomic E-state index is -0.734. The van der Waals surface area contributed by atoms with Gasteiger partial charge in [0.2, 0.25) is 0 Å². The molecule has 120 valence electrons. The van der Waals surface area contributed by atoms with E-state index in [1.165, 1.54) is 12.1 Å². The number of rotatable bonds is 4. The van der Waals surface area contributed by atoms with Crippen LogP contribution in [0, 0.1) is 20.8 Å². The number of benzene rings is 2. The molecule has 0 unspecified atom stereocenters. The first-order valence-corrected chi connectivity index (χ1v) is 7.21. The fourth-order valence-electron chi connectivity index (χ4n) is 2.10. The summed E-state index contributed by atoms with van der Waals surface area (Å²) in [4.78, 5) is 23.8. The zero-order chi connectivity index (χ0) is 17.0. The van der Waals surface area contributed by atoms with E-state index in [0.717, 1.165) is 16.7 Å². The first kappa shape index (κ1) is 16.5. The summed E-state index contributed by atoms with van der Waals surface area (Å²) in [6.07, 6.45) is 0. The van der Waals surface area contributed by atoms with Crippen molar-refractivity contribution in [2.75, 3.05) is 11.9 Å². The average molecular weight is 313 g/mol. The maximum atomic E-state index is 11.9. The highest BCUT2D eigenvalue weighted by molar-refractivity contribution is 5.97. The number of hydrogen-bond donors (Lipinski definition) is 2. The van der Waals surface area contributed by atoms with E-state index in [2.05, 4.69) is 5.32 Å². The van der Waals surface area contributed by atoms with Gasteiger partial charge in [-0.25, -0.2) is 4.79 Å². The molecule has 0 aliphatic heterocycles. The fraction of sp³-hybridized carbons (Fsp3) is 0.222. The minimum Gasteiger partial charge on any atom is -0.507 e. The van der Waals surface area contributed by atoms with Gasteiger partial charge in [0.25, 0.3) is 5.91 Å². The molecular formula is C18H19NO4. The molecule has 0 saturated heterocycles. The summed E-state index contributed by atoms with van der Waals surface area (Å²) in [6, 6.07) is 10.2. The number of carbonyl (C=O) groups is 2. The molecule has 1 amide bonds. The van der Waals surface area contributed by atoms with Crippen LogP contribution >= 0.6 is 0 Å². The Morgan fingerprint density at radius 1 is 1.13 bits per heavy atom. The third-order valence-corrected chi connectivity index (χ3v) is 3.59. The highest BCUT2D eigenvalue weighted by atomic mass is 16.5. The van der Waals surface area contributed by atoms with Gasteiger partial charge in [-0.05, 0) is 50.1 Å². The molecule has 0 heterocycles. The predicted octanol–water partition coefficient (Wildman–Crippen LogP) is 3.11. The zero-order valence-corrected chi connectivity index (χ0v) is 13.3. The summed E-state index contributed by atoms with van der Waals surface area (Å²) < 4.78 is 4.96. The Labute approximate surface area is 134 Å². The Balaban J connectivity index is 1.98. The second kappa shape index (κ2) is 6.96. The number of amides is 1. The van der Waals surface area contributed by atoms with Crippen LogP contribution in [0.4, 0.5) is 5.69 Å². The van der Waals surface area contributed by atoms with E-state index in [4.69, 9.17) is 4.74 Å². The van der Waals surface area contributed by atoms with Gasteiger partial charge >= 0.3 is 5.97 Å². The number of hydrogen-bond acceptors (Lipinski definition) is 4. The summed E-state index contributed by atoms with van der Waals surface area (Å²) in [5, 5.41) is 12.4. The van der Waals surface area contributed by atoms with E-state index >= 15 is 0 Å². The van der Waals surface area contributed by atoms with Crippen LogP contribution in [0.5, 0.6) is 5.75 Å². The third-order valence-electron chi connectivity index (χ3n) is 3.59. The lowest BCUT2D eigenvalue weighted by Crippen LogP contribution is -2.21. The van der Waals surface area contributed by atoms with E-state index in [1.807, 2.05) is 26.0 Å². The zero-order valence-electron chi connectivity index (χ0n) is 13.3. The van der Waals surface area contributed by atoms with Crippen molar-refractivity contribution in [2.45, 2.75) is 20.8 Å². The van der Waals surface area contributed by atoms with Gasteiger partial charge in [-0.2, -0.15) is 0 Å². The number of phenols is 1. The number of carbonyl (C=O) groups excluding carboxylic acids is 2. The number of anilines is 1. The molecule has 0 radical (unpaired) electrons. The van der Waals surface area contributed by atoms with Crippen molar-refractivity contribution in [3.8, 4) is 5.75 Å². The van der Waals surface area contributed by atoms with Crippen molar-refractivity contribution >= 4 is 17.6 Å². The molecule has 2 rings (SSSR count). The number of phenolic OH excluding ortho intramolecular Hbond substituents is 1. The van der Waals surface area contributed by atoms with Crippen LogP contribution in [0.2, 0.25) is 0 Å². The van der Waals surface area contributed by atoms with Crippen molar-refractivity contribution in [1.82, 2.24) is 0 Å². The Hall–Kier alpha value is -2.82. The Kier molecular flexibility index (Phi) is 5.01. The van der Waals surface area contributed by atoms with E-state index in [0.29, 0.717) is 5.69 Å². The molecule has 23 heavy (non-hydrogen) atoms. The van der Waals surface area contributed by atoms with E-state index < -0.39 is 18.5 Å². The van der Waals surface area contributed by atoms with Gasteiger partial charge in [-0.3, -0.25) is 4.79 Å². The Bertz CT molecular complexity index is 753. The Morgan fingerprint density at radius 2 is 1.87 bits per heavy atom. The van der Waals surface area contributed by atoms with Crippen LogP contribution in [0.25, 0.3) is 0 Å². The van der Waals surface area contributed by atoms with Crippen molar-refractivity contribution in [3.63, 3.8) is 0 Å². The number of ether oxygens (including phenoxy) is 1. The van der Waals surface area contributed by atoms with Crippen LogP contribution in [0.3, 0.4) is 0 Å². The SMILES string of the molecule is Cc1ccc(O)c(C(=O)OCC(=O)Nc2cccc(C)c2C)c1. The number of esters is 1. The molecule has 0 aromatic heterocycles. The largest absolute Gasteiger partial charge is 0.507 e. The summed E-state index contributed by atoms with van der Waals surface area (Å²) >= 11 is 0. The minimum absolute atomic E-state index is 0.0459. The summed E-state index contributed by atoms with van der Waals surface area (Å²) in [5.74, 6) is -1.34. The maximum Gasteiger partial charge on any atom is 0.342 e. The van der Waals surface area contributed by atoms with E-state index in [9.17, 15) is 14.7 Å². The second-order valence-corrected chi connectivity index (χ2v) is 5.39. The van der Waals surface area contributed by atoms with Crippen LogP contribution in [-0.2, 0) is 9.53 Å². The molecule has 2 N–H and O–H groups in total. The topological polar surface area (TPSA) is 75.6 Å². The van der Waals surface area contributed by atoms with Crippen molar-refractivity contribution in [1.29, 1.82) is 0 Å². The van der Waals surface area contributed by atoms with Gasteiger partial charge in [-0.1, -0.05) is 23.8 Å². The van der Waals surface area contributed by atoms with E-state index in [1.54, 1.807) is 19.1 Å². The van der Waals surface area contributed by atoms with Crippen molar-refractivity contribution in [2.24, 2.45) is 0 Å². The lowest BCUT2D eigenvalue weighted by Gasteiger charge is -2.11. The molecule has 0 aliphatic carbocycles. The number of nitrogens with one attached hydrogen (secondary N) is 1. The van der Waals surface area contributed by atoms with Gasteiger partial charge in [0, 0.05) is 5.69 Å². The summed E-state index contributed by atoms with van der Waals surface area (Å²) in [6.45, 7) is 5.23. The number of aryl methyl sites for hydroxylation is 2. The summed E-state index contributed by atoms with van der Waals surface area (Å²) in [5.41, 5.74) is 3.57. The van der Waals surface area contributed by atoms with Crippen molar-refractivity contribution < 1.29 is 19.4 Å². The Morgan fingerprint density at radius 3 is 2.61 bits per heavy atom. The van der Waals surface area contributed by atoms with Crippen LogP contribution in [0.15, 0.2) is 36.4 Å². The lowest BCUT2D eigenvalue weighted by molar-refractivity contribution is -0.119. The molecule has 0 atom stereocenters. The molecule has 2 aromatic carbocycles. The van der Waals surface area contributed by atoms with Crippen molar-refractivity contribution in [3.05, 3.63) is 58.7 Å². The number of aromatic hydroxyl groups is 1. The van der Waals surface area contributed by atoms with Gasteiger partial charge in [0.1, 0.15) is 11.3 Å². The highest BCUT2D eigenvalue weighted by Crippen LogP contribution is 2.20. The molecule has 0 aliphatic rings. The molecule has 0 fully saturated rings. The third kappa shape index (κ3) is 4.10. The van der Waals surface area contributed by atoms with Gasteiger partial charge in [0.05, 0.1) is 0 Å². The van der Waals surface area contributed by atoms with Gasteiger partial charge < -0.3 is 15.2 Å². The second-order valence-electron chi connectivity index (χ2n) is 5.39. The molecule has 5 nitrogen and oxygen atoms in total. The standard InChI is InChI=1S/C18H19NO4/c1-11-7-8-16(20)14(9-11)18(22)23-10-17(21)19-15-6-4-5-12(2)13(15)3/h4-9,20H,10H2,1-3H3,(H,19,21). The van der Waals surface area contributed by atoms with Gasteiger partial charge in [-0.15, -0.1) is 0 Å². The first-order chi connectivity index (χ1) is 10.9. The van der Waals surface area contributed by atoms with Crippen LogP contribution in [0.1, 0.15) is 27.0 Å². The lowest BCUT2D eigenvalue weighted by atomic mass is 10.1.